The number of halogens is 1. The van der Waals surface area contributed by atoms with Gasteiger partial charge in [-0.05, 0) is 12.1 Å². The van der Waals surface area contributed by atoms with Crippen LogP contribution in [0.3, 0.4) is 0 Å². The van der Waals surface area contributed by atoms with E-state index in [1.807, 2.05) is 6.07 Å². The van der Waals surface area contributed by atoms with Gasteiger partial charge in [0, 0.05) is 7.05 Å². The molecule has 0 spiro atoms. The monoisotopic (exact) mass is 217 g/mol. The van der Waals surface area contributed by atoms with E-state index in [4.69, 9.17) is 5.26 Å². The van der Waals surface area contributed by atoms with Crippen LogP contribution in [-0.2, 0) is 0 Å². The molecule has 0 unspecified atom stereocenters. The van der Waals surface area contributed by atoms with Gasteiger partial charge in [0.1, 0.15) is 11.8 Å². The Morgan fingerprint density at radius 2 is 2.12 bits per heavy atom. The maximum absolute atomic E-state index is 13.4. The highest BCUT2D eigenvalue weighted by atomic mass is 19.1. The maximum Gasteiger partial charge on any atom is 0.207 e. The van der Waals surface area contributed by atoms with Crippen LogP contribution in [0.15, 0.2) is 24.3 Å². The lowest BCUT2D eigenvalue weighted by molar-refractivity contribution is 0.596. The molecule has 0 amide bonds. The number of hydrogen-bond acceptors (Lipinski definition) is 4. The third kappa shape index (κ3) is 1.59. The Morgan fingerprint density at radius 3 is 2.69 bits per heavy atom. The van der Waals surface area contributed by atoms with Gasteiger partial charge in [0.25, 0.3) is 0 Å². The van der Waals surface area contributed by atoms with Crippen molar-refractivity contribution < 1.29 is 4.39 Å². The van der Waals surface area contributed by atoms with Crippen molar-refractivity contribution in [3.05, 3.63) is 35.8 Å². The molecule has 1 aromatic carbocycles. The number of hydrogen-bond donors (Lipinski definition) is 1. The Bertz CT molecular complexity index is 555. The van der Waals surface area contributed by atoms with Gasteiger partial charge in [-0.1, -0.05) is 12.1 Å². The van der Waals surface area contributed by atoms with Crippen molar-refractivity contribution in [2.75, 3.05) is 12.4 Å². The molecular weight excluding hydrogens is 209 g/mol. The normalized spacial score (nSPS) is 9.81. The van der Waals surface area contributed by atoms with Crippen LogP contribution in [0.5, 0.6) is 0 Å². The zero-order valence-corrected chi connectivity index (χ0v) is 8.48. The molecule has 80 valence electrons. The van der Waals surface area contributed by atoms with Crippen LogP contribution in [0.25, 0.3) is 5.69 Å². The van der Waals surface area contributed by atoms with Gasteiger partial charge in [0.05, 0.1) is 0 Å². The summed E-state index contributed by atoms with van der Waals surface area (Å²) in [5.41, 5.74) is 0.339. The van der Waals surface area contributed by atoms with Crippen LogP contribution in [0.1, 0.15) is 5.69 Å². The number of anilines is 1. The Kier molecular flexibility index (Phi) is 2.52. The lowest BCUT2D eigenvalue weighted by Gasteiger charge is -1.99. The largest absolute Gasteiger partial charge is 0.369 e. The van der Waals surface area contributed by atoms with Crippen molar-refractivity contribution in [1.29, 1.82) is 5.26 Å². The average Bonchev–Trinajstić information content (AvgIpc) is 2.72. The summed E-state index contributed by atoms with van der Waals surface area (Å²) in [7, 11) is 1.62. The van der Waals surface area contributed by atoms with E-state index in [1.165, 1.54) is 12.1 Å². The highest BCUT2D eigenvalue weighted by Crippen LogP contribution is 2.14. The van der Waals surface area contributed by atoms with Crippen LogP contribution in [0.2, 0.25) is 0 Å². The van der Waals surface area contributed by atoms with Crippen LogP contribution in [0.4, 0.5) is 10.2 Å². The number of benzene rings is 1. The quantitative estimate of drug-likeness (QED) is 0.823. The molecule has 0 aliphatic heterocycles. The first kappa shape index (κ1) is 10.1. The van der Waals surface area contributed by atoms with E-state index >= 15 is 0 Å². The molecule has 0 saturated heterocycles. The van der Waals surface area contributed by atoms with Crippen molar-refractivity contribution in [3.8, 4) is 11.8 Å². The van der Waals surface area contributed by atoms with Gasteiger partial charge in [-0.2, -0.15) is 5.26 Å². The van der Waals surface area contributed by atoms with Crippen molar-refractivity contribution in [2.45, 2.75) is 0 Å². The molecule has 1 aromatic heterocycles. The first-order valence-electron chi connectivity index (χ1n) is 4.56. The minimum absolute atomic E-state index is 0.130. The van der Waals surface area contributed by atoms with Gasteiger partial charge < -0.3 is 5.32 Å². The number of nitrogens with zero attached hydrogens (tertiary/aromatic N) is 4. The summed E-state index contributed by atoms with van der Waals surface area (Å²) in [5.74, 6) is -0.115. The summed E-state index contributed by atoms with van der Waals surface area (Å²) in [6.07, 6.45) is 0. The zero-order chi connectivity index (χ0) is 11.5. The van der Waals surface area contributed by atoms with Crippen LogP contribution in [0, 0.1) is 17.1 Å². The Labute approximate surface area is 91.1 Å². The minimum Gasteiger partial charge on any atom is -0.369 e. The number of aromatic nitrogens is 3. The Hall–Kier alpha value is -2.42. The molecule has 0 radical (unpaired) electrons. The second-order valence-corrected chi connectivity index (χ2v) is 3.00. The predicted molar refractivity (Wildman–Crippen MR) is 55.6 cm³/mol. The van der Waals surface area contributed by atoms with E-state index in [0.29, 0.717) is 5.82 Å². The van der Waals surface area contributed by atoms with Crippen molar-refractivity contribution in [1.82, 2.24) is 15.0 Å². The molecular formula is C10H8FN5. The summed E-state index contributed by atoms with van der Waals surface area (Å²) in [6.45, 7) is 0. The molecule has 0 bridgehead atoms. The third-order valence-electron chi connectivity index (χ3n) is 2.02. The van der Waals surface area contributed by atoms with Gasteiger partial charge in [0.2, 0.25) is 5.69 Å². The number of nitrogens with one attached hydrogen (secondary N) is 1. The van der Waals surface area contributed by atoms with E-state index in [0.717, 1.165) is 4.80 Å². The van der Waals surface area contributed by atoms with Crippen molar-refractivity contribution in [2.24, 2.45) is 0 Å². The third-order valence-corrected chi connectivity index (χ3v) is 2.02. The molecule has 0 fully saturated rings. The molecule has 1 N–H and O–H groups in total. The predicted octanol–water partition coefficient (Wildman–Crippen LogP) is 1.32. The van der Waals surface area contributed by atoms with E-state index in [9.17, 15) is 4.39 Å². The van der Waals surface area contributed by atoms with Gasteiger partial charge in [-0.3, -0.25) is 0 Å². The Morgan fingerprint density at radius 1 is 1.38 bits per heavy atom. The minimum atomic E-state index is -0.440. The molecule has 0 aliphatic carbocycles. The fourth-order valence-corrected chi connectivity index (χ4v) is 1.27. The van der Waals surface area contributed by atoms with E-state index in [2.05, 4.69) is 15.5 Å². The second-order valence-electron chi connectivity index (χ2n) is 3.00. The second kappa shape index (κ2) is 3.98. The van der Waals surface area contributed by atoms with Crippen LogP contribution < -0.4 is 5.32 Å². The number of rotatable bonds is 2. The van der Waals surface area contributed by atoms with Gasteiger partial charge in [0.15, 0.2) is 11.6 Å². The summed E-state index contributed by atoms with van der Waals surface area (Å²) in [6, 6.07) is 7.97. The fourth-order valence-electron chi connectivity index (χ4n) is 1.27. The average molecular weight is 217 g/mol. The van der Waals surface area contributed by atoms with Crippen molar-refractivity contribution >= 4 is 5.82 Å². The van der Waals surface area contributed by atoms with Crippen LogP contribution in [-0.4, -0.2) is 22.0 Å². The fraction of sp³-hybridized carbons (Fsp3) is 0.100. The van der Waals surface area contributed by atoms with Gasteiger partial charge in [-0.15, -0.1) is 15.0 Å². The smallest absolute Gasteiger partial charge is 0.207 e. The Balaban J connectivity index is 2.54. The molecule has 1 heterocycles. The number of para-hydroxylation sites is 1. The lowest BCUT2D eigenvalue weighted by atomic mass is 10.3. The molecule has 0 saturated carbocycles. The molecule has 0 atom stereocenters. The SMILES string of the molecule is CNc1nn(-c2ccccc2F)nc1C#N. The molecule has 5 nitrogen and oxygen atoms in total. The van der Waals surface area contributed by atoms with Crippen molar-refractivity contribution in [3.63, 3.8) is 0 Å². The summed E-state index contributed by atoms with van der Waals surface area (Å²) < 4.78 is 13.4. The van der Waals surface area contributed by atoms with Crippen LogP contribution >= 0.6 is 0 Å². The first-order valence-corrected chi connectivity index (χ1v) is 4.56. The van der Waals surface area contributed by atoms with E-state index in [-0.39, 0.29) is 11.4 Å². The lowest BCUT2D eigenvalue weighted by Crippen LogP contribution is -2.02. The topological polar surface area (TPSA) is 66.5 Å². The van der Waals surface area contributed by atoms with Gasteiger partial charge >= 0.3 is 0 Å². The highest BCUT2D eigenvalue weighted by molar-refractivity contribution is 5.47. The maximum atomic E-state index is 13.4. The number of nitriles is 1. The molecule has 16 heavy (non-hydrogen) atoms. The van der Waals surface area contributed by atoms with E-state index < -0.39 is 5.82 Å². The standard InChI is InChI=1S/C10H8FN5/c1-13-10-8(6-12)14-16(15-10)9-5-3-2-4-7(9)11/h2-5H,1H3,(H,13,15). The van der Waals surface area contributed by atoms with E-state index in [1.54, 1.807) is 19.2 Å². The molecule has 2 rings (SSSR count). The highest BCUT2D eigenvalue weighted by Gasteiger charge is 2.12. The molecule has 0 aliphatic rings. The summed E-state index contributed by atoms with van der Waals surface area (Å²) >= 11 is 0. The zero-order valence-electron chi connectivity index (χ0n) is 8.48. The summed E-state index contributed by atoms with van der Waals surface area (Å²) in [5, 5.41) is 19.3. The summed E-state index contributed by atoms with van der Waals surface area (Å²) in [4.78, 5) is 1.10. The van der Waals surface area contributed by atoms with Gasteiger partial charge in [-0.25, -0.2) is 4.39 Å². The first-order chi connectivity index (χ1) is 7.76. The molecule has 6 heteroatoms. The molecule has 2 aromatic rings.